The number of benzene rings is 2. The van der Waals surface area contributed by atoms with Crippen molar-refractivity contribution in [3.8, 4) is 29.6 Å². The molecule has 12 nitrogen and oxygen atoms in total. The Bertz CT molecular complexity index is 1660. The zero-order valence-corrected chi connectivity index (χ0v) is 21.5. The maximum atomic E-state index is 13.3. The van der Waals surface area contributed by atoms with Crippen LogP contribution in [0.1, 0.15) is 16.8 Å². The number of aromatic nitrogens is 3. The molecular weight excluding hydrogens is 514 g/mol. The highest BCUT2D eigenvalue weighted by Gasteiger charge is 2.28. The van der Waals surface area contributed by atoms with E-state index < -0.39 is 10.0 Å². The van der Waals surface area contributed by atoms with Crippen molar-refractivity contribution in [1.82, 2.24) is 19.8 Å². The number of nitrogens with one attached hydrogen (secondary N) is 1. The van der Waals surface area contributed by atoms with Crippen molar-refractivity contribution in [2.24, 2.45) is 0 Å². The smallest absolute Gasteiger partial charge is 0.298 e. The van der Waals surface area contributed by atoms with Gasteiger partial charge in [0.1, 0.15) is 22.6 Å². The van der Waals surface area contributed by atoms with Crippen molar-refractivity contribution in [2.45, 2.75) is 24.5 Å². The lowest BCUT2D eigenvalue weighted by Crippen LogP contribution is -2.24. The molecule has 0 saturated heterocycles. The molecule has 0 fully saturated rings. The molecule has 0 spiro atoms. The van der Waals surface area contributed by atoms with E-state index in [-0.39, 0.29) is 28.1 Å². The summed E-state index contributed by atoms with van der Waals surface area (Å²) in [7, 11) is 0.00962. The fourth-order valence-electron chi connectivity index (χ4n) is 4.39. The van der Waals surface area contributed by atoms with Crippen LogP contribution in [0.15, 0.2) is 45.9 Å². The number of methoxy groups -OCH3 is 3. The van der Waals surface area contributed by atoms with Gasteiger partial charge in [0.2, 0.25) is 0 Å². The summed E-state index contributed by atoms with van der Waals surface area (Å²) in [5.74, 6) is 2.27. The van der Waals surface area contributed by atoms with E-state index in [1.807, 2.05) is 6.20 Å². The molecule has 2 aromatic heterocycles. The van der Waals surface area contributed by atoms with Crippen LogP contribution in [0.4, 0.5) is 5.82 Å². The molecule has 0 unspecified atom stereocenters. The largest absolute Gasteiger partial charge is 0.496 e. The molecule has 1 N–H and O–H groups in total. The first-order valence-corrected chi connectivity index (χ1v) is 12.8. The van der Waals surface area contributed by atoms with E-state index in [2.05, 4.69) is 20.9 Å². The van der Waals surface area contributed by atoms with E-state index in [9.17, 15) is 13.2 Å². The van der Waals surface area contributed by atoms with Crippen molar-refractivity contribution in [2.75, 3.05) is 26.1 Å². The molecule has 4 aromatic rings. The highest BCUT2D eigenvalue weighted by atomic mass is 32.2. The zero-order valence-electron chi connectivity index (χ0n) is 20.7. The molecule has 1 aliphatic rings. The number of nitrogens with zero attached hydrogens (tertiary/aromatic N) is 4. The molecule has 0 radical (unpaired) electrons. The Balaban J connectivity index is 1.43. The number of anilines is 1. The van der Waals surface area contributed by atoms with E-state index in [1.165, 1.54) is 33.5 Å². The Morgan fingerprint density at radius 2 is 1.84 bits per heavy atom. The highest BCUT2D eigenvalue weighted by Crippen LogP contribution is 2.38. The van der Waals surface area contributed by atoms with Gasteiger partial charge in [0.15, 0.2) is 16.3 Å². The van der Waals surface area contributed by atoms with Gasteiger partial charge in [-0.15, -0.1) is 6.42 Å². The van der Waals surface area contributed by atoms with Crippen LogP contribution < -0.4 is 18.9 Å². The Morgan fingerprint density at radius 3 is 2.47 bits per heavy atom. The summed E-state index contributed by atoms with van der Waals surface area (Å²) in [6.45, 7) is 1.14. The SMILES string of the molecule is C#CC(=O)N1Cc2cn(Cc3cc(OC)c4c(NS(=O)(=O)c5c(OC)cccc5OC)noc4c3)nc2C1. The topological polar surface area (TPSA) is 138 Å². The average Bonchev–Trinajstić information content (AvgIpc) is 3.60. The molecule has 1 aliphatic heterocycles. The maximum absolute atomic E-state index is 13.3. The van der Waals surface area contributed by atoms with Crippen LogP contribution in [0.5, 0.6) is 17.2 Å². The third-order valence-electron chi connectivity index (χ3n) is 6.08. The Hall–Kier alpha value is -4.70. The van der Waals surface area contributed by atoms with Crippen LogP contribution in [0.3, 0.4) is 0 Å². The van der Waals surface area contributed by atoms with Gasteiger partial charge in [-0.1, -0.05) is 11.2 Å². The summed E-state index contributed by atoms with van der Waals surface area (Å²) in [6.07, 6.45) is 7.07. The van der Waals surface area contributed by atoms with Gasteiger partial charge in [0.25, 0.3) is 15.9 Å². The molecule has 13 heteroatoms. The summed E-state index contributed by atoms with van der Waals surface area (Å²) in [4.78, 5) is 13.1. The molecule has 0 atom stereocenters. The number of carbonyl (C=O) groups is 1. The molecule has 3 heterocycles. The average molecular weight is 538 g/mol. The van der Waals surface area contributed by atoms with Crippen LogP contribution in [-0.2, 0) is 34.5 Å². The van der Waals surface area contributed by atoms with Crippen LogP contribution in [0, 0.1) is 12.3 Å². The minimum atomic E-state index is -4.19. The summed E-state index contributed by atoms with van der Waals surface area (Å²) in [5.41, 5.74) is 2.80. The van der Waals surface area contributed by atoms with Gasteiger partial charge < -0.3 is 23.6 Å². The van der Waals surface area contributed by atoms with Gasteiger partial charge in [-0.2, -0.15) is 5.10 Å². The standard InChI is InChI=1S/C25H23N5O7S/c1-5-22(31)29-12-16-13-30(26-17(16)14-29)11-15-9-20(36-4)23-21(10-15)37-27-25(23)28-38(32,33)24-18(34-2)7-6-8-19(24)35-3/h1,6-10,13H,11-12,14H2,2-4H3,(H,27,28). The molecule has 0 aliphatic carbocycles. The second-order valence-corrected chi connectivity index (χ2v) is 10.0. The highest BCUT2D eigenvalue weighted by molar-refractivity contribution is 7.93. The van der Waals surface area contributed by atoms with Crippen LogP contribution in [0.25, 0.3) is 11.0 Å². The van der Waals surface area contributed by atoms with Crippen molar-refractivity contribution < 1.29 is 31.9 Å². The van der Waals surface area contributed by atoms with E-state index in [0.717, 1.165) is 16.8 Å². The number of rotatable bonds is 8. The molecule has 1 amide bonds. The van der Waals surface area contributed by atoms with E-state index >= 15 is 0 Å². The van der Waals surface area contributed by atoms with Gasteiger partial charge in [-0.05, 0) is 35.7 Å². The summed E-state index contributed by atoms with van der Waals surface area (Å²) in [6, 6.07) is 8.13. The number of amides is 1. The van der Waals surface area contributed by atoms with Gasteiger partial charge >= 0.3 is 0 Å². The molecule has 0 bridgehead atoms. The maximum Gasteiger partial charge on any atom is 0.298 e. The molecule has 38 heavy (non-hydrogen) atoms. The lowest BCUT2D eigenvalue weighted by atomic mass is 10.1. The van der Waals surface area contributed by atoms with Crippen LogP contribution >= 0.6 is 0 Å². The van der Waals surface area contributed by atoms with Gasteiger partial charge in [0, 0.05) is 11.8 Å². The third kappa shape index (κ3) is 4.35. The van der Waals surface area contributed by atoms with E-state index in [4.69, 9.17) is 25.2 Å². The molecular formula is C25H23N5O7S. The van der Waals surface area contributed by atoms with Crippen molar-refractivity contribution in [1.29, 1.82) is 0 Å². The molecule has 196 valence electrons. The first-order chi connectivity index (χ1) is 18.3. The quantitative estimate of drug-likeness (QED) is 0.336. The van der Waals surface area contributed by atoms with E-state index in [1.54, 1.807) is 27.8 Å². The number of fused-ring (bicyclic) bond motifs is 2. The molecule has 0 saturated carbocycles. The number of terminal acetylenes is 1. The number of hydrogen-bond acceptors (Lipinski definition) is 9. The second-order valence-electron chi connectivity index (χ2n) is 8.40. The minimum Gasteiger partial charge on any atom is -0.496 e. The fraction of sp³-hybridized carbons (Fsp3) is 0.240. The first kappa shape index (κ1) is 25.0. The van der Waals surface area contributed by atoms with Crippen molar-refractivity contribution in [3.05, 3.63) is 53.3 Å². The Morgan fingerprint density at radius 1 is 1.13 bits per heavy atom. The lowest BCUT2D eigenvalue weighted by Gasteiger charge is -2.14. The molecule has 5 rings (SSSR count). The van der Waals surface area contributed by atoms with E-state index in [0.29, 0.717) is 36.4 Å². The predicted octanol–water partition coefficient (Wildman–Crippen LogP) is 2.37. The summed E-state index contributed by atoms with van der Waals surface area (Å²) < 4.78 is 52.3. The number of ether oxygens (including phenoxy) is 3. The van der Waals surface area contributed by atoms with Crippen LogP contribution in [0.2, 0.25) is 0 Å². The van der Waals surface area contributed by atoms with Gasteiger partial charge in [-0.3, -0.25) is 14.2 Å². The van der Waals surface area contributed by atoms with Crippen molar-refractivity contribution >= 4 is 32.7 Å². The van der Waals surface area contributed by atoms with Crippen molar-refractivity contribution in [3.63, 3.8) is 0 Å². The monoisotopic (exact) mass is 537 g/mol. The predicted molar refractivity (Wildman–Crippen MR) is 135 cm³/mol. The summed E-state index contributed by atoms with van der Waals surface area (Å²) in [5, 5.41) is 8.85. The van der Waals surface area contributed by atoms with Crippen LogP contribution in [-0.4, -0.2) is 55.5 Å². The summed E-state index contributed by atoms with van der Waals surface area (Å²) >= 11 is 0. The Labute approximate surface area is 218 Å². The number of carbonyl (C=O) groups excluding carboxylic acids is 1. The lowest BCUT2D eigenvalue weighted by molar-refractivity contribution is -0.125. The fourth-order valence-corrected chi connectivity index (χ4v) is 5.71. The Kier molecular flexibility index (Phi) is 6.33. The second kappa shape index (κ2) is 9.64. The minimum absolute atomic E-state index is 0.0484. The van der Waals surface area contributed by atoms with Gasteiger partial charge in [-0.25, -0.2) is 8.42 Å². The zero-order chi connectivity index (χ0) is 27.0. The normalized spacial score (nSPS) is 12.7. The number of sulfonamides is 1. The van der Waals surface area contributed by atoms with Gasteiger partial charge in [0.05, 0.1) is 46.7 Å². The third-order valence-corrected chi connectivity index (χ3v) is 7.48. The first-order valence-electron chi connectivity index (χ1n) is 11.3. The number of hydrogen-bond donors (Lipinski definition) is 1. The molecule has 2 aromatic carbocycles.